The molecule has 1 aliphatic rings. The van der Waals surface area contributed by atoms with Gasteiger partial charge < -0.3 is 0 Å². The van der Waals surface area contributed by atoms with Gasteiger partial charge in [0, 0.05) is 30.7 Å². The number of nitrogens with one attached hydrogen (secondary N) is 1. The van der Waals surface area contributed by atoms with E-state index in [1.807, 2.05) is 44.2 Å². The molecule has 2 aromatic rings. The summed E-state index contributed by atoms with van der Waals surface area (Å²) in [7, 11) is 0.500. The highest BCUT2D eigenvalue weighted by atomic mass is 35.5. The van der Waals surface area contributed by atoms with E-state index in [2.05, 4.69) is 46.3 Å². The molecular weight excluding hydrogens is 443 g/mol. The number of hydrogen-bond acceptors (Lipinski definition) is 6. The predicted octanol–water partition coefficient (Wildman–Crippen LogP) is 4.54. The number of nitriles is 1. The molecule has 0 aliphatic carbocycles. The monoisotopic (exact) mass is 472 g/mol. The first-order valence-electron chi connectivity index (χ1n) is 10.7. The molecule has 0 spiro atoms. The van der Waals surface area contributed by atoms with Crippen LogP contribution in [-0.4, -0.2) is 46.6 Å². The van der Waals surface area contributed by atoms with Gasteiger partial charge in [-0.3, -0.25) is 24.5 Å². The lowest BCUT2D eigenvalue weighted by atomic mass is 10.1. The molecule has 1 amide bonds. The van der Waals surface area contributed by atoms with Crippen LogP contribution in [-0.2, 0) is 6.54 Å². The van der Waals surface area contributed by atoms with Crippen molar-refractivity contribution in [1.29, 1.82) is 5.26 Å². The molecule has 1 aromatic heterocycles. The number of rotatable bonds is 7. The fraction of sp³-hybridized carbons (Fsp3) is 0.417. The lowest BCUT2D eigenvalue weighted by Crippen LogP contribution is -2.45. The normalized spacial score (nSPS) is 17.3. The first-order chi connectivity index (χ1) is 15.8. The van der Waals surface area contributed by atoms with Crippen LogP contribution in [0.5, 0.6) is 0 Å². The highest BCUT2D eigenvalue weighted by molar-refractivity contribution is 6.32. The molecule has 0 saturated carbocycles. The first kappa shape index (κ1) is 26.2. The number of amides is 1. The zero-order valence-corrected chi connectivity index (χ0v) is 20.3. The Bertz CT molecular complexity index is 993. The summed E-state index contributed by atoms with van der Waals surface area (Å²) >= 11 is 6.25. The number of halogens is 2. The number of carbonyl (C=O) groups excluding carboxylic acids is 1. The van der Waals surface area contributed by atoms with Gasteiger partial charge in [0.1, 0.15) is 11.1 Å². The molecule has 33 heavy (non-hydrogen) atoms. The van der Waals surface area contributed by atoms with Gasteiger partial charge in [-0.2, -0.15) is 10.2 Å². The van der Waals surface area contributed by atoms with Crippen molar-refractivity contribution in [3.05, 3.63) is 64.6 Å². The van der Waals surface area contributed by atoms with Crippen LogP contribution in [0.3, 0.4) is 0 Å². The average Bonchev–Trinajstić information content (AvgIpc) is 3.12. The molecule has 2 unspecified atom stereocenters. The number of aromatic nitrogens is 2. The third-order valence-electron chi connectivity index (χ3n) is 5.16. The zero-order chi connectivity index (χ0) is 24.5. The molecule has 7 nitrogen and oxygen atoms in total. The number of benzene rings is 1. The smallest absolute Gasteiger partial charge is 0.269 e. The Morgan fingerprint density at radius 1 is 1.24 bits per heavy atom. The number of anilines is 1. The second-order valence-electron chi connectivity index (χ2n) is 8.16. The van der Waals surface area contributed by atoms with Crippen molar-refractivity contribution in [2.24, 2.45) is 5.92 Å². The summed E-state index contributed by atoms with van der Waals surface area (Å²) in [6.07, 6.45) is 5.80. The first-order valence-corrected chi connectivity index (χ1v) is 11.1. The fourth-order valence-electron chi connectivity index (χ4n) is 3.51. The molecule has 176 valence electrons. The minimum Gasteiger partial charge on any atom is -0.287 e. The van der Waals surface area contributed by atoms with Crippen molar-refractivity contribution in [1.82, 2.24) is 20.3 Å². The molecule has 2 atom stereocenters. The van der Waals surface area contributed by atoms with Gasteiger partial charge in [0.25, 0.3) is 5.91 Å². The van der Waals surface area contributed by atoms with E-state index in [0.717, 1.165) is 12.1 Å². The molecule has 1 aromatic carbocycles. The molecule has 0 radical (unpaired) electrons. The largest absolute Gasteiger partial charge is 0.287 e. The molecule has 3 rings (SSSR count). The highest BCUT2D eigenvalue weighted by Crippen LogP contribution is 2.23. The lowest BCUT2D eigenvalue weighted by Gasteiger charge is -2.27. The van der Waals surface area contributed by atoms with Gasteiger partial charge in [-0.15, -0.1) is 0 Å². The Hall–Kier alpha value is -3.02. The van der Waals surface area contributed by atoms with Crippen LogP contribution in [0.25, 0.3) is 0 Å². The molecule has 1 aliphatic heterocycles. The van der Waals surface area contributed by atoms with Crippen molar-refractivity contribution in [2.45, 2.75) is 46.3 Å². The summed E-state index contributed by atoms with van der Waals surface area (Å²) in [6.45, 7) is 9.70. The van der Waals surface area contributed by atoms with Crippen molar-refractivity contribution in [3.63, 3.8) is 0 Å². The van der Waals surface area contributed by atoms with Gasteiger partial charge >= 0.3 is 0 Å². The number of hydrazine groups is 1. The van der Waals surface area contributed by atoms with Gasteiger partial charge in [0.2, 0.25) is 5.82 Å². The average molecular weight is 473 g/mol. The zero-order valence-electron chi connectivity index (χ0n) is 19.6. The predicted molar refractivity (Wildman–Crippen MR) is 128 cm³/mol. The fourth-order valence-corrected chi connectivity index (χ4v) is 3.71. The van der Waals surface area contributed by atoms with Gasteiger partial charge in [-0.05, 0) is 37.5 Å². The summed E-state index contributed by atoms with van der Waals surface area (Å²) in [5.74, 6) is 0.241. The van der Waals surface area contributed by atoms with Crippen LogP contribution < -0.4 is 10.4 Å². The van der Waals surface area contributed by atoms with Crippen LogP contribution in [0.4, 0.5) is 10.2 Å². The van der Waals surface area contributed by atoms with Crippen LogP contribution in [0.15, 0.2) is 42.6 Å². The summed E-state index contributed by atoms with van der Waals surface area (Å²) < 4.78 is 9.50. The van der Waals surface area contributed by atoms with Crippen LogP contribution >= 0.6 is 11.6 Å². The van der Waals surface area contributed by atoms with E-state index in [-0.39, 0.29) is 22.7 Å². The van der Waals surface area contributed by atoms with E-state index in [1.165, 1.54) is 6.20 Å². The summed E-state index contributed by atoms with van der Waals surface area (Å²) in [5, 5.41) is 10.9. The van der Waals surface area contributed by atoms with Crippen LogP contribution in [0, 0.1) is 17.2 Å². The quantitative estimate of drug-likeness (QED) is 0.470. The van der Waals surface area contributed by atoms with Crippen LogP contribution in [0.2, 0.25) is 5.02 Å². The third kappa shape index (κ3) is 6.98. The maximum Gasteiger partial charge on any atom is 0.269 e. The number of nitrogens with zero attached hydrogens (tertiary/aromatic N) is 5. The molecule has 9 heteroatoms. The lowest BCUT2D eigenvalue weighted by molar-refractivity contribution is 0.0947. The minimum absolute atomic E-state index is 0.00776. The van der Waals surface area contributed by atoms with Gasteiger partial charge in [0.05, 0.1) is 13.4 Å². The maximum atomic E-state index is 12.9. The maximum absolute atomic E-state index is 12.9. The molecule has 1 N–H and O–H groups in total. The van der Waals surface area contributed by atoms with Gasteiger partial charge in [0.15, 0.2) is 5.82 Å². The Labute approximate surface area is 199 Å². The summed E-state index contributed by atoms with van der Waals surface area (Å²) in [4.78, 5) is 23.3. The molecule has 2 heterocycles. The van der Waals surface area contributed by atoms with Gasteiger partial charge in [-0.1, -0.05) is 49.7 Å². The van der Waals surface area contributed by atoms with E-state index in [4.69, 9.17) is 16.9 Å². The molecule has 0 fully saturated rings. The van der Waals surface area contributed by atoms with Crippen molar-refractivity contribution >= 4 is 23.3 Å². The van der Waals surface area contributed by atoms with E-state index in [0.29, 0.717) is 37.2 Å². The number of carbonyl (C=O) groups is 1. The van der Waals surface area contributed by atoms with E-state index in [1.54, 1.807) is 5.01 Å². The topological polar surface area (TPSA) is 85.2 Å². The molecular formula is C24H30ClFN6O. The molecule has 0 saturated heterocycles. The van der Waals surface area contributed by atoms with Crippen molar-refractivity contribution in [2.75, 3.05) is 18.7 Å². The third-order valence-corrected chi connectivity index (χ3v) is 5.43. The van der Waals surface area contributed by atoms with Gasteiger partial charge in [-0.25, -0.2) is 4.98 Å². The second kappa shape index (κ2) is 12.3. The molecule has 0 bridgehead atoms. The Morgan fingerprint density at radius 2 is 1.85 bits per heavy atom. The number of alkyl halides is 1. The second-order valence-corrected chi connectivity index (χ2v) is 8.56. The Balaban J connectivity index is 0.00000187. The van der Waals surface area contributed by atoms with E-state index < -0.39 is 0 Å². The van der Waals surface area contributed by atoms with E-state index in [9.17, 15) is 9.18 Å². The summed E-state index contributed by atoms with van der Waals surface area (Å²) in [5.41, 5.74) is 4.55. The Morgan fingerprint density at radius 3 is 2.39 bits per heavy atom. The van der Waals surface area contributed by atoms with Crippen molar-refractivity contribution in [3.8, 4) is 6.07 Å². The number of hydrogen-bond donors (Lipinski definition) is 1. The standard InChI is InChI=1S/C23H27ClN6O.CH3F/c1-15(2)13-30(22-20(24)12-26-21(11-25)27-22)28-23(31)19-9-7-18(8-10-19)14-29-16(3)5-6-17(29)4;1-2/h5-10,12,15-17H,13-14H2,1-4H3,(H,28,31);1H3. The SMILES string of the molecule is CC(C)CN(NC(=O)c1ccc(CN2C(C)C=CC2C)cc1)c1nc(C#N)ncc1Cl.CF. The highest BCUT2D eigenvalue weighted by Gasteiger charge is 2.22. The van der Waals surface area contributed by atoms with E-state index >= 15 is 0 Å². The van der Waals surface area contributed by atoms with Crippen LogP contribution in [0.1, 0.15) is 49.4 Å². The van der Waals surface area contributed by atoms with Crippen molar-refractivity contribution < 1.29 is 9.18 Å². The Kier molecular flexibility index (Phi) is 9.76. The summed E-state index contributed by atoms with van der Waals surface area (Å²) in [6, 6.07) is 10.3. The minimum atomic E-state index is -0.273.